The van der Waals surface area contributed by atoms with Gasteiger partial charge < -0.3 is 20.7 Å². The van der Waals surface area contributed by atoms with Crippen LogP contribution in [0.5, 0.6) is 5.75 Å². The van der Waals surface area contributed by atoms with Crippen LogP contribution in [-0.2, 0) is 51.0 Å². The molecule has 17 nitrogen and oxygen atoms in total. The molecule has 0 saturated carbocycles. The SMILES string of the molecule is Cn1nc(-c2ccc(NS(=O)(=O)C(F)F)c(OCCc3ccc(F)cc3)c2)c2c(N)ncc(-c3cnn(CCCCCCC(=O)Nc4cccc5c4CN(C4CCC(=O)NC4=O)C5=O)c3)c21. The maximum Gasteiger partial charge on any atom is 0.355 e. The fourth-order valence-electron chi connectivity index (χ4n) is 8.20. The number of ether oxygens (including phenoxy) is 1. The minimum absolute atomic E-state index is 0.00865. The number of amides is 4. The molecule has 0 bridgehead atoms. The van der Waals surface area contributed by atoms with Gasteiger partial charge in [-0.3, -0.25) is 38.6 Å². The fourth-order valence-corrected chi connectivity index (χ4v) is 8.77. The topological polar surface area (TPSA) is 226 Å². The van der Waals surface area contributed by atoms with Crippen molar-refractivity contribution in [2.45, 2.75) is 76.3 Å². The van der Waals surface area contributed by atoms with Gasteiger partial charge in [0.2, 0.25) is 17.7 Å². The van der Waals surface area contributed by atoms with E-state index < -0.39 is 33.5 Å². The van der Waals surface area contributed by atoms with Gasteiger partial charge in [0, 0.05) is 85.3 Å². The molecule has 21 heteroatoms. The summed E-state index contributed by atoms with van der Waals surface area (Å²) >= 11 is 0. The average Bonchev–Trinajstić information content (AvgIpc) is 4.00. The minimum atomic E-state index is -5.04. The number of nitrogens with two attached hydrogens (primary N) is 1. The van der Waals surface area contributed by atoms with Crippen molar-refractivity contribution in [3.63, 3.8) is 0 Å². The average molecular weight is 927 g/mol. The van der Waals surface area contributed by atoms with Gasteiger partial charge in [-0.1, -0.05) is 37.1 Å². The molecule has 8 rings (SSSR count). The Bertz CT molecular complexity index is 2960. The van der Waals surface area contributed by atoms with Crippen molar-refractivity contribution in [2.75, 3.05) is 22.4 Å². The zero-order chi connectivity index (χ0) is 46.7. The van der Waals surface area contributed by atoms with E-state index in [2.05, 4.69) is 20.7 Å². The van der Waals surface area contributed by atoms with E-state index in [1.165, 1.54) is 35.2 Å². The minimum Gasteiger partial charge on any atom is -0.491 e. The molecule has 0 aliphatic carbocycles. The number of hydrogen-bond donors (Lipinski definition) is 4. The second-order valence-electron chi connectivity index (χ2n) is 16.0. The summed E-state index contributed by atoms with van der Waals surface area (Å²) < 4.78 is 75.8. The number of nitrogen functional groups attached to an aromatic ring is 1. The van der Waals surface area contributed by atoms with Crippen LogP contribution in [0, 0.1) is 5.82 Å². The summed E-state index contributed by atoms with van der Waals surface area (Å²) in [7, 11) is -3.31. The third-order valence-electron chi connectivity index (χ3n) is 11.5. The highest BCUT2D eigenvalue weighted by Crippen LogP contribution is 2.40. The summed E-state index contributed by atoms with van der Waals surface area (Å²) in [6.07, 6.45) is 9.25. The van der Waals surface area contributed by atoms with Crippen molar-refractivity contribution in [1.29, 1.82) is 0 Å². The van der Waals surface area contributed by atoms with Crippen molar-refractivity contribution < 1.29 is 45.5 Å². The Hall–Kier alpha value is -7.29. The normalized spacial score (nSPS) is 15.1. The fraction of sp³-hybridized carbons (Fsp3) is 0.311. The third kappa shape index (κ3) is 9.70. The Kier molecular flexibility index (Phi) is 13.1. The van der Waals surface area contributed by atoms with Crippen molar-refractivity contribution >= 4 is 61.7 Å². The molecule has 344 valence electrons. The van der Waals surface area contributed by atoms with Crippen LogP contribution in [0.15, 0.2) is 79.3 Å². The summed E-state index contributed by atoms with van der Waals surface area (Å²) in [5.74, 6) is -5.32. The number of rotatable bonds is 18. The molecular weight excluding hydrogens is 882 g/mol. The second-order valence-corrected chi connectivity index (χ2v) is 17.7. The predicted molar refractivity (Wildman–Crippen MR) is 238 cm³/mol. The number of fused-ring (bicyclic) bond motifs is 2. The Balaban J connectivity index is 0.883. The summed E-state index contributed by atoms with van der Waals surface area (Å²) in [6, 6.07) is 14.4. The predicted octanol–water partition coefficient (Wildman–Crippen LogP) is 6.16. The molecule has 1 unspecified atom stereocenters. The van der Waals surface area contributed by atoms with Gasteiger partial charge in [-0.25, -0.2) is 17.8 Å². The maximum atomic E-state index is 13.4. The maximum absolute atomic E-state index is 13.4. The molecule has 66 heavy (non-hydrogen) atoms. The van der Waals surface area contributed by atoms with Crippen molar-refractivity contribution in [1.82, 2.24) is 34.8 Å². The highest BCUT2D eigenvalue weighted by molar-refractivity contribution is 7.93. The standard InChI is InChI=1S/C45H45F3N10O7S/c1-56-41-31(23-50-42(49)39(41)40(54-56)27-12-15-34(55-66(63,64)45(47)48)36(21-27)65-20-18-26-10-13-29(46)14-11-26)28-22-51-57(24-28)19-5-3-2-4-9-37(59)52-33-8-6-7-30-32(33)25-58(44(30)62)35-16-17-38(60)53-43(35)61/h6-8,10-15,21-24,35,45,55H,2-5,9,16-20,25H2,1H3,(H2,49,50)(H,52,59)(H,53,60,61). The number of carbonyl (C=O) groups is 4. The first-order valence-corrected chi connectivity index (χ1v) is 22.7. The van der Waals surface area contributed by atoms with E-state index in [4.69, 9.17) is 15.6 Å². The number of aryl methyl sites for hydroxylation is 2. The Morgan fingerprint density at radius 1 is 0.985 bits per heavy atom. The van der Waals surface area contributed by atoms with Gasteiger partial charge >= 0.3 is 5.76 Å². The molecule has 1 saturated heterocycles. The summed E-state index contributed by atoms with van der Waals surface area (Å²) in [4.78, 5) is 56.1. The Labute approximate surface area is 376 Å². The summed E-state index contributed by atoms with van der Waals surface area (Å²) in [5, 5.41) is 15.0. The van der Waals surface area contributed by atoms with Crippen LogP contribution < -0.4 is 25.8 Å². The van der Waals surface area contributed by atoms with Gasteiger partial charge in [0.15, 0.2) is 0 Å². The monoisotopic (exact) mass is 926 g/mol. The first-order chi connectivity index (χ1) is 31.7. The van der Waals surface area contributed by atoms with Crippen LogP contribution in [0.2, 0.25) is 0 Å². The summed E-state index contributed by atoms with van der Waals surface area (Å²) in [5.41, 5.74) is 11.5. The van der Waals surface area contributed by atoms with Gasteiger partial charge in [0.05, 0.1) is 29.4 Å². The van der Waals surface area contributed by atoms with Crippen molar-refractivity contribution in [3.8, 4) is 28.1 Å². The van der Waals surface area contributed by atoms with Crippen LogP contribution >= 0.6 is 0 Å². The first kappa shape index (κ1) is 45.3. The van der Waals surface area contributed by atoms with Gasteiger partial charge in [0.25, 0.3) is 15.9 Å². The molecule has 5 heterocycles. The molecular formula is C45H45F3N10O7S. The smallest absolute Gasteiger partial charge is 0.355 e. The largest absolute Gasteiger partial charge is 0.491 e. The molecule has 3 aromatic heterocycles. The van der Waals surface area contributed by atoms with Crippen LogP contribution in [0.3, 0.4) is 0 Å². The van der Waals surface area contributed by atoms with E-state index >= 15 is 0 Å². The number of nitrogens with one attached hydrogen (secondary N) is 3. The van der Waals surface area contributed by atoms with E-state index in [1.54, 1.807) is 54.5 Å². The van der Waals surface area contributed by atoms with E-state index in [-0.39, 0.29) is 67.4 Å². The number of halogens is 3. The van der Waals surface area contributed by atoms with E-state index in [9.17, 15) is 40.8 Å². The zero-order valence-electron chi connectivity index (χ0n) is 35.6. The first-order valence-electron chi connectivity index (χ1n) is 21.2. The zero-order valence-corrected chi connectivity index (χ0v) is 36.4. The molecule has 5 N–H and O–H groups in total. The van der Waals surface area contributed by atoms with Gasteiger partial charge in [-0.15, -0.1) is 0 Å². The second kappa shape index (κ2) is 19.0. The highest BCUT2D eigenvalue weighted by atomic mass is 32.2. The van der Waals surface area contributed by atoms with Crippen LogP contribution in [0.25, 0.3) is 33.3 Å². The lowest BCUT2D eigenvalue weighted by atomic mass is 10.0. The molecule has 0 spiro atoms. The van der Waals surface area contributed by atoms with Gasteiger partial charge in [-0.2, -0.15) is 19.0 Å². The number of anilines is 3. The number of imide groups is 1. The number of hydrogen-bond acceptors (Lipinski definition) is 11. The van der Waals surface area contributed by atoms with E-state index in [0.29, 0.717) is 63.9 Å². The van der Waals surface area contributed by atoms with Crippen LogP contribution in [0.1, 0.15) is 66.4 Å². The Morgan fingerprint density at radius 2 is 1.77 bits per heavy atom. The van der Waals surface area contributed by atoms with Gasteiger partial charge in [-0.05, 0) is 61.2 Å². The molecule has 1 fully saturated rings. The molecule has 2 aliphatic heterocycles. The van der Waals surface area contributed by atoms with Gasteiger partial charge in [0.1, 0.15) is 29.1 Å². The quantitative estimate of drug-likeness (QED) is 0.0565. The molecule has 4 amide bonds. The van der Waals surface area contributed by atoms with E-state index in [0.717, 1.165) is 30.4 Å². The van der Waals surface area contributed by atoms with Crippen molar-refractivity contribution in [2.24, 2.45) is 7.05 Å². The number of sulfonamides is 1. The number of aromatic nitrogens is 5. The van der Waals surface area contributed by atoms with E-state index in [1.807, 2.05) is 15.6 Å². The number of pyridine rings is 1. The molecule has 2 aliphatic rings. The molecule has 3 aromatic carbocycles. The third-order valence-corrected chi connectivity index (χ3v) is 12.5. The number of unbranched alkanes of at least 4 members (excludes halogenated alkanes) is 3. The number of piperidine rings is 1. The molecule has 6 aromatic rings. The number of alkyl halides is 2. The van der Waals surface area contributed by atoms with Crippen molar-refractivity contribution in [3.05, 3.63) is 102 Å². The molecule has 1 atom stereocenters. The van der Waals surface area contributed by atoms with Crippen LogP contribution in [-0.4, -0.2) is 79.9 Å². The molecule has 0 radical (unpaired) electrons. The number of benzene rings is 3. The Morgan fingerprint density at radius 3 is 2.55 bits per heavy atom. The number of carbonyl (C=O) groups excluding carboxylic acids is 4. The lowest BCUT2D eigenvalue weighted by Crippen LogP contribution is -2.52. The number of nitrogens with zero attached hydrogens (tertiary/aromatic N) is 6. The highest BCUT2D eigenvalue weighted by Gasteiger charge is 2.40. The lowest BCUT2D eigenvalue weighted by Gasteiger charge is -2.29. The van der Waals surface area contributed by atoms with Crippen LogP contribution in [0.4, 0.5) is 30.4 Å². The summed E-state index contributed by atoms with van der Waals surface area (Å²) in [6.45, 7) is 0.773. The lowest BCUT2D eigenvalue weighted by molar-refractivity contribution is -0.137.